The van der Waals surface area contributed by atoms with Gasteiger partial charge in [0.1, 0.15) is 16.5 Å². The molecule has 0 bridgehead atoms. The van der Waals surface area contributed by atoms with Gasteiger partial charge in [0.25, 0.3) is 0 Å². The van der Waals surface area contributed by atoms with Gasteiger partial charge in [-0.05, 0) is 31.5 Å². The van der Waals surface area contributed by atoms with Gasteiger partial charge in [0.15, 0.2) is 0 Å². The van der Waals surface area contributed by atoms with Crippen LogP contribution < -0.4 is 9.47 Å². The SMILES string of the molecule is COc1cc(CN2CCN(Cc3nc(C)c(C)s3)CC2)cc(OC)c1. The Morgan fingerprint density at radius 1 is 0.920 bits per heavy atom. The van der Waals surface area contributed by atoms with Crippen molar-refractivity contribution in [1.29, 1.82) is 0 Å². The van der Waals surface area contributed by atoms with Gasteiger partial charge < -0.3 is 9.47 Å². The second-order valence-electron chi connectivity index (χ2n) is 6.52. The zero-order valence-electron chi connectivity index (χ0n) is 15.5. The van der Waals surface area contributed by atoms with Crippen molar-refractivity contribution < 1.29 is 9.47 Å². The van der Waals surface area contributed by atoms with Crippen LogP contribution in [0.1, 0.15) is 21.1 Å². The number of hydrogen-bond acceptors (Lipinski definition) is 6. The lowest BCUT2D eigenvalue weighted by Crippen LogP contribution is -2.45. The van der Waals surface area contributed by atoms with Crippen LogP contribution in [0.2, 0.25) is 0 Å². The summed E-state index contributed by atoms with van der Waals surface area (Å²) in [6.45, 7) is 10.5. The lowest BCUT2D eigenvalue weighted by molar-refractivity contribution is 0.122. The maximum Gasteiger partial charge on any atom is 0.122 e. The van der Waals surface area contributed by atoms with E-state index in [2.05, 4.69) is 40.8 Å². The highest BCUT2D eigenvalue weighted by Gasteiger charge is 2.19. The fourth-order valence-electron chi connectivity index (χ4n) is 3.12. The number of hydrogen-bond donors (Lipinski definition) is 0. The molecule has 1 aliphatic heterocycles. The number of aryl methyl sites for hydroxylation is 2. The van der Waals surface area contributed by atoms with E-state index in [0.717, 1.165) is 50.8 Å². The molecule has 0 atom stereocenters. The molecule has 0 spiro atoms. The highest BCUT2D eigenvalue weighted by Crippen LogP contribution is 2.24. The van der Waals surface area contributed by atoms with E-state index in [4.69, 9.17) is 9.47 Å². The van der Waals surface area contributed by atoms with Gasteiger partial charge in [-0.25, -0.2) is 4.98 Å². The van der Waals surface area contributed by atoms with E-state index in [9.17, 15) is 0 Å². The molecule has 136 valence electrons. The number of thiazole rings is 1. The molecule has 0 aliphatic carbocycles. The second kappa shape index (κ2) is 8.17. The van der Waals surface area contributed by atoms with Crippen molar-refractivity contribution in [2.45, 2.75) is 26.9 Å². The molecule has 0 unspecified atom stereocenters. The van der Waals surface area contributed by atoms with Gasteiger partial charge in [0.2, 0.25) is 0 Å². The minimum atomic E-state index is 0.850. The van der Waals surface area contributed by atoms with E-state index in [1.54, 1.807) is 14.2 Å². The first-order valence-corrected chi connectivity index (χ1v) is 9.48. The highest BCUT2D eigenvalue weighted by molar-refractivity contribution is 7.11. The summed E-state index contributed by atoms with van der Waals surface area (Å²) >= 11 is 1.83. The summed E-state index contributed by atoms with van der Waals surface area (Å²) in [4.78, 5) is 11.0. The van der Waals surface area contributed by atoms with Crippen LogP contribution in [0.25, 0.3) is 0 Å². The molecule has 1 saturated heterocycles. The molecular weight excluding hydrogens is 334 g/mol. The second-order valence-corrected chi connectivity index (χ2v) is 7.81. The van der Waals surface area contributed by atoms with Crippen molar-refractivity contribution in [2.24, 2.45) is 0 Å². The van der Waals surface area contributed by atoms with E-state index < -0.39 is 0 Å². The van der Waals surface area contributed by atoms with Gasteiger partial charge in [-0.1, -0.05) is 0 Å². The molecule has 1 aliphatic rings. The Balaban J connectivity index is 1.54. The molecule has 25 heavy (non-hydrogen) atoms. The number of piperazine rings is 1. The Bertz CT molecular complexity index is 667. The van der Waals surface area contributed by atoms with Crippen molar-refractivity contribution in [1.82, 2.24) is 14.8 Å². The highest BCUT2D eigenvalue weighted by atomic mass is 32.1. The van der Waals surface area contributed by atoms with E-state index in [1.165, 1.54) is 21.1 Å². The number of nitrogens with zero attached hydrogens (tertiary/aromatic N) is 3. The first kappa shape index (κ1) is 18.2. The number of ether oxygens (including phenoxy) is 2. The van der Waals surface area contributed by atoms with E-state index in [0.29, 0.717) is 0 Å². The van der Waals surface area contributed by atoms with Crippen LogP contribution >= 0.6 is 11.3 Å². The van der Waals surface area contributed by atoms with Crippen LogP contribution in [-0.2, 0) is 13.1 Å². The standard InChI is InChI=1S/C19H27N3O2S/c1-14-15(2)25-19(20-14)13-22-7-5-21(6-8-22)12-16-9-17(23-3)11-18(10-16)24-4/h9-11H,5-8,12-13H2,1-4H3. The van der Waals surface area contributed by atoms with Crippen LogP contribution in [0.4, 0.5) is 0 Å². The molecule has 1 aromatic heterocycles. The number of methoxy groups -OCH3 is 2. The van der Waals surface area contributed by atoms with Crippen LogP contribution in [0.15, 0.2) is 18.2 Å². The maximum absolute atomic E-state index is 5.37. The van der Waals surface area contributed by atoms with Crippen LogP contribution in [0.3, 0.4) is 0 Å². The van der Waals surface area contributed by atoms with E-state index in [-0.39, 0.29) is 0 Å². The number of benzene rings is 1. The molecular formula is C19H27N3O2S. The first-order chi connectivity index (χ1) is 12.1. The number of rotatable bonds is 6. The average molecular weight is 362 g/mol. The third kappa shape index (κ3) is 4.71. The fraction of sp³-hybridized carbons (Fsp3) is 0.526. The topological polar surface area (TPSA) is 37.8 Å². The summed E-state index contributed by atoms with van der Waals surface area (Å²) in [6, 6.07) is 6.10. The third-order valence-electron chi connectivity index (χ3n) is 4.71. The third-order valence-corrected chi connectivity index (χ3v) is 5.77. The van der Waals surface area contributed by atoms with Gasteiger partial charge in [-0.2, -0.15) is 0 Å². The molecule has 6 heteroatoms. The van der Waals surface area contributed by atoms with Crippen molar-refractivity contribution >= 4 is 11.3 Å². The van der Waals surface area contributed by atoms with Crippen LogP contribution in [0.5, 0.6) is 11.5 Å². The smallest absolute Gasteiger partial charge is 0.122 e. The van der Waals surface area contributed by atoms with Crippen molar-refractivity contribution in [2.75, 3.05) is 40.4 Å². The maximum atomic E-state index is 5.37. The van der Waals surface area contributed by atoms with Crippen molar-refractivity contribution in [3.8, 4) is 11.5 Å². The molecule has 0 N–H and O–H groups in total. The van der Waals surface area contributed by atoms with Crippen LogP contribution in [-0.4, -0.2) is 55.2 Å². The summed E-state index contributed by atoms with van der Waals surface area (Å²) in [5, 5.41) is 1.24. The summed E-state index contributed by atoms with van der Waals surface area (Å²) < 4.78 is 10.7. The minimum absolute atomic E-state index is 0.850. The Labute approximate surface area is 154 Å². The molecule has 0 amide bonds. The first-order valence-electron chi connectivity index (χ1n) is 8.67. The zero-order chi connectivity index (χ0) is 17.8. The lowest BCUT2D eigenvalue weighted by atomic mass is 10.1. The van der Waals surface area contributed by atoms with Gasteiger partial charge >= 0.3 is 0 Å². The monoisotopic (exact) mass is 361 g/mol. The van der Waals surface area contributed by atoms with Gasteiger partial charge in [-0.3, -0.25) is 9.80 Å². The molecule has 2 aromatic rings. The number of aromatic nitrogens is 1. The molecule has 3 rings (SSSR count). The van der Waals surface area contributed by atoms with Gasteiger partial charge in [-0.15, -0.1) is 11.3 Å². The fourth-order valence-corrected chi connectivity index (χ4v) is 4.10. The normalized spacial score (nSPS) is 16.2. The average Bonchev–Trinajstić information content (AvgIpc) is 2.93. The Morgan fingerprint density at radius 3 is 1.96 bits per heavy atom. The molecule has 1 aromatic carbocycles. The summed E-state index contributed by atoms with van der Waals surface area (Å²) in [5.41, 5.74) is 2.40. The predicted octanol–water partition coefficient (Wildman–Crippen LogP) is 3.09. The van der Waals surface area contributed by atoms with Crippen LogP contribution in [0, 0.1) is 13.8 Å². The lowest BCUT2D eigenvalue weighted by Gasteiger charge is -2.34. The molecule has 5 nitrogen and oxygen atoms in total. The van der Waals surface area contributed by atoms with Gasteiger partial charge in [0, 0.05) is 43.7 Å². The molecule has 0 radical (unpaired) electrons. The summed E-state index contributed by atoms with van der Waals surface area (Å²) in [6.07, 6.45) is 0. The minimum Gasteiger partial charge on any atom is -0.497 e. The summed E-state index contributed by atoms with van der Waals surface area (Å²) in [5.74, 6) is 1.70. The van der Waals surface area contributed by atoms with Gasteiger partial charge in [0.05, 0.1) is 26.5 Å². The predicted molar refractivity (Wildman–Crippen MR) is 102 cm³/mol. The zero-order valence-corrected chi connectivity index (χ0v) is 16.4. The Hall–Kier alpha value is -1.63. The Morgan fingerprint density at radius 2 is 1.48 bits per heavy atom. The van der Waals surface area contributed by atoms with Crippen molar-refractivity contribution in [3.63, 3.8) is 0 Å². The largest absolute Gasteiger partial charge is 0.497 e. The molecule has 0 saturated carbocycles. The molecule has 1 fully saturated rings. The van der Waals surface area contributed by atoms with E-state index in [1.807, 2.05) is 17.4 Å². The Kier molecular flexibility index (Phi) is 5.93. The molecule has 2 heterocycles. The summed E-state index contributed by atoms with van der Waals surface area (Å²) in [7, 11) is 3.39. The van der Waals surface area contributed by atoms with Crippen molar-refractivity contribution in [3.05, 3.63) is 39.3 Å². The quantitative estimate of drug-likeness (QED) is 0.790. The van der Waals surface area contributed by atoms with E-state index >= 15 is 0 Å².